The van der Waals surface area contributed by atoms with Gasteiger partial charge in [-0.15, -0.1) is 23.5 Å². The highest BCUT2D eigenvalue weighted by molar-refractivity contribution is 7.99. The number of carbonyl (C=O) groups is 6. The van der Waals surface area contributed by atoms with E-state index in [1.54, 1.807) is 86.6 Å². The maximum atomic E-state index is 15.2. The van der Waals surface area contributed by atoms with Crippen molar-refractivity contribution in [3.8, 4) is 86.6 Å². The van der Waals surface area contributed by atoms with Gasteiger partial charge in [-0.3, -0.25) is 39.8 Å². The number of hydrogen-bond donors (Lipinski definition) is 5. The molecule has 10 aromatic rings. The Hall–Kier alpha value is -13.1. The fourth-order valence-electron chi connectivity index (χ4n) is 23.0. The van der Waals surface area contributed by atoms with Gasteiger partial charge in [0.25, 0.3) is 0 Å². The lowest BCUT2D eigenvalue weighted by Crippen LogP contribution is -2.70. The quantitative estimate of drug-likeness (QED) is 0.0482. The van der Waals surface area contributed by atoms with Crippen LogP contribution in [0.25, 0.3) is 21.9 Å². The Morgan fingerprint density at radius 1 is 0.496 bits per heavy atom. The number of aliphatic hydroxyl groups excluding tert-OH is 1. The molecule has 8 aromatic carbocycles. The zero-order valence-electron chi connectivity index (χ0n) is 75.3. The van der Waals surface area contributed by atoms with Crippen LogP contribution in [0.1, 0.15) is 158 Å². The second kappa shape index (κ2) is 33.5. The molecular formula is C99H93N7O27S2. The summed E-state index contributed by atoms with van der Waals surface area (Å²) in [5.41, 5.74) is 5.78. The maximum absolute atomic E-state index is 15.2. The first kappa shape index (κ1) is 88.5. The summed E-state index contributed by atoms with van der Waals surface area (Å²) in [5.74, 6) is -0.937. The summed E-state index contributed by atoms with van der Waals surface area (Å²) in [5, 5.41) is 55.1. The van der Waals surface area contributed by atoms with Gasteiger partial charge in [0.15, 0.2) is 80.1 Å². The first-order valence-corrected chi connectivity index (χ1v) is 46.3. The van der Waals surface area contributed by atoms with Gasteiger partial charge < -0.3 is 90.5 Å². The van der Waals surface area contributed by atoms with E-state index >= 15 is 9.59 Å². The summed E-state index contributed by atoms with van der Waals surface area (Å²) in [6.07, 6.45) is 0.590. The molecule has 0 saturated carbocycles. The number of ether oxygens (including phenoxy) is 14. The molecule has 0 amide bonds. The zero-order chi connectivity index (χ0) is 94.3. The number of methoxy groups -OCH3 is 4. The molecule has 2 unspecified atom stereocenters. The Bertz CT molecular complexity index is 6970. The van der Waals surface area contributed by atoms with Crippen LogP contribution in [0, 0.1) is 39.0 Å². The number of phenolic OH excluding ortho intramolecular Hbond substituents is 2. The van der Waals surface area contributed by atoms with Crippen LogP contribution in [0.2, 0.25) is 0 Å². The van der Waals surface area contributed by atoms with E-state index in [-0.39, 0.29) is 101 Å². The number of nitriles is 1. The van der Waals surface area contributed by atoms with E-state index in [4.69, 9.17) is 75.2 Å². The van der Waals surface area contributed by atoms with Crippen LogP contribution in [0.15, 0.2) is 115 Å². The monoisotopic (exact) mass is 1880 g/mol. The number of para-hydroxylation sites is 2. The second-order valence-electron chi connectivity index (χ2n) is 35.7. The molecule has 5 N–H and O–H groups in total. The summed E-state index contributed by atoms with van der Waals surface area (Å²) >= 11 is 2.83. The van der Waals surface area contributed by atoms with Crippen molar-refractivity contribution in [3.05, 3.63) is 218 Å². The number of hydrogen-bond acceptors (Lipinski definition) is 36. The average molecular weight is 1880 g/mol. The number of aryl methyl sites for hydroxylation is 2. The normalized spacial score (nSPS) is 25.7. The van der Waals surface area contributed by atoms with Crippen molar-refractivity contribution in [2.45, 2.75) is 149 Å². The van der Waals surface area contributed by atoms with E-state index in [1.165, 1.54) is 77.9 Å². The van der Waals surface area contributed by atoms with Crippen molar-refractivity contribution >= 4 is 81.3 Å². The van der Waals surface area contributed by atoms with Crippen LogP contribution in [-0.2, 0) is 65.4 Å². The number of rotatable bonds is 10. The average Bonchev–Trinajstić information content (AvgIpc) is 1.15. The molecule has 0 aliphatic carbocycles. The summed E-state index contributed by atoms with van der Waals surface area (Å²) in [6.45, 7) is 9.93. The molecule has 2 aromatic heterocycles. The lowest BCUT2D eigenvalue weighted by Gasteiger charge is -2.62. The van der Waals surface area contributed by atoms with Crippen molar-refractivity contribution in [3.63, 3.8) is 0 Å². The van der Waals surface area contributed by atoms with Crippen LogP contribution >= 0.6 is 23.5 Å². The second-order valence-corrected chi connectivity index (χ2v) is 38.0. The fourth-order valence-corrected chi connectivity index (χ4v) is 26.4. The molecule has 4 fully saturated rings. The minimum absolute atomic E-state index is 0.000246. The highest BCUT2D eigenvalue weighted by atomic mass is 32.2. The first-order chi connectivity index (χ1) is 65.0. The predicted octanol–water partition coefficient (Wildman–Crippen LogP) is 10.6. The minimum Gasteiger partial charge on any atom is -0.504 e. The third-order valence-electron chi connectivity index (χ3n) is 28.8. The summed E-state index contributed by atoms with van der Waals surface area (Å²) in [6, 6.07) is 24.1. The van der Waals surface area contributed by atoms with Crippen molar-refractivity contribution in [1.82, 2.24) is 30.2 Å². The van der Waals surface area contributed by atoms with E-state index in [9.17, 15) is 49.3 Å². The number of phenols is 2. The van der Waals surface area contributed by atoms with Gasteiger partial charge in [-0.05, 0) is 161 Å². The molecule has 14 aliphatic rings. The number of likely N-dealkylation sites (N-methyl/N-ethyl adjacent to an activating group) is 2. The molecule has 135 heavy (non-hydrogen) atoms. The van der Waals surface area contributed by atoms with Crippen molar-refractivity contribution in [2.75, 3.05) is 93.9 Å². The van der Waals surface area contributed by atoms with Crippen LogP contribution in [0.3, 0.4) is 0 Å². The van der Waals surface area contributed by atoms with Gasteiger partial charge >= 0.3 is 47.1 Å². The van der Waals surface area contributed by atoms with E-state index in [2.05, 4.69) is 31.4 Å². The SMILES string of the molecule is COc1cc2c(cc1OC(=O)c1cc3ccccc3oc1=O)CCN[C@]21CS[C@@H]2c3c(OC(C)=O)c(C)c4c(c3[C@H](COC1=O)N1C2[C@H]2c3c(cc(C)c(OC)c3O)C[C@@H]([C@@H]1C#N)N2C)OCO4.COc1cc2c(cc1OC(=O)c1cc3ccccc3oc1=O)CCN[C@]21CS[C@@H]2c3c(OC(C)=O)c(C)c4c(c3[C@H](COC1=O)N1C2[C@H]2c3c(cc(C)c(OC)c3O)C[C@@H]([C@@H]1O)N2C)OCO4. The molecule has 14 atom stereocenters. The van der Waals surface area contributed by atoms with Gasteiger partial charge in [-0.25, -0.2) is 28.8 Å². The maximum Gasteiger partial charge on any atom is 0.351 e. The van der Waals surface area contributed by atoms with E-state index in [0.29, 0.717) is 162 Å². The number of benzene rings is 8. The van der Waals surface area contributed by atoms with Crippen molar-refractivity contribution in [2.24, 2.45) is 0 Å². The molecule has 698 valence electrons. The molecule has 4 saturated heterocycles. The number of aromatic hydroxyl groups is 2. The van der Waals surface area contributed by atoms with Crippen LogP contribution < -0.4 is 78.7 Å². The topological polar surface area (TPSA) is 414 Å². The smallest absolute Gasteiger partial charge is 0.351 e. The number of aliphatic hydroxyl groups is 1. The van der Waals surface area contributed by atoms with E-state index in [1.807, 2.05) is 45.0 Å². The number of carbonyl (C=O) groups excluding carboxylic acids is 6. The Kier molecular flexibility index (Phi) is 21.9. The molecular weight excluding hydrogens is 1780 g/mol. The molecule has 24 rings (SSSR count). The Balaban J connectivity index is 0.000000162. The molecule has 2 spiro atoms. The van der Waals surface area contributed by atoms with Crippen LogP contribution in [-0.4, -0.2) is 201 Å². The minimum atomic E-state index is -1.52. The third-order valence-corrected chi connectivity index (χ3v) is 31.7. The Morgan fingerprint density at radius 3 is 1.36 bits per heavy atom. The number of nitrogens with one attached hydrogen (secondary N) is 2. The fraction of sp³-hybridized carbons (Fsp3) is 0.384. The largest absolute Gasteiger partial charge is 0.504 e. The van der Waals surface area contributed by atoms with Crippen LogP contribution in [0.4, 0.5) is 0 Å². The van der Waals surface area contributed by atoms with Crippen molar-refractivity contribution < 1.29 is 119 Å². The molecule has 8 bridgehead atoms. The number of fused-ring (bicyclic) bond motifs is 20. The molecule has 0 radical (unpaired) electrons. The van der Waals surface area contributed by atoms with Gasteiger partial charge in [-0.1, -0.05) is 48.5 Å². The van der Waals surface area contributed by atoms with Gasteiger partial charge in [-0.2, -0.15) is 5.26 Å². The van der Waals surface area contributed by atoms with Gasteiger partial charge in [0.05, 0.1) is 75.2 Å². The number of esters is 6. The first-order valence-electron chi connectivity index (χ1n) is 44.2. The molecule has 36 heteroatoms. The summed E-state index contributed by atoms with van der Waals surface area (Å²) in [7, 11) is 9.75. The Labute approximate surface area is 779 Å². The molecule has 16 heterocycles. The standard InChI is InChI=1S/C50H46N4O13S.C49H47N3O14S/c1-22-13-27-15-30-31(18-51)54-32-19-62-49(59)50(29-17-34(60-5)35(16-25(29)11-12-52-50)67-48(58)28-14-26-9-7-8-10-33(26)66-47(28)57)20-68-46(40(54)39(53(30)4)36(27)41(56)42(22)61-6)38-37(32)45-44(63-21-64-45)23(2)43(38)65-24(3)55;1-21-13-26-15-29-45(55)52-30-18-61-48(58)49(28-17-32(59-5)33(16-24(28)11-12-50-49)66-47(57)27-14-25-9-7-8-10-31(25)65-46(27)56)19-67-44(38(52)37(51(29)4)34(26)39(54)40(21)60-6)36-35(30)43-42(62-20-63-43)22(2)41(36)64-23(3)53/h7-10,13-14,16-17,30-32,39-40,46,52,56H,11-12,15,19-21H2,1-6H3;7-10,13-14,16-17,29-30,37-38,44-45,50,54-55H,11-12,15,18-20H2,1-6H3/t30-,31-,32-,39+,40?,46+,50+;29-,30-,37+,38?,44+,45-,49+/m00/s1. The summed E-state index contributed by atoms with van der Waals surface area (Å²) in [4.78, 5) is 118. The highest BCUT2D eigenvalue weighted by Gasteiger charge is 2.65. The van der Waals surface area contributed by atoms with E-state index in [0.717, 1.165) is 22.3 Å². The summed E-state index contributed by atoms with van der Waals surface area (Å²) < 4.78 is 95.7. The highest BCUT2D eigenvalue weighted by Crippen LogP contribution is 2.68. The predicted molar refractivity (Wildman–Crippen MR) is 484 cm³/mol. The van der Waals surface area contributed by atoms with Gasteiger partial charge in [0.2, 0.25) is 13.6 Å². The van der Waals surface area contributed by atoms with E-state index < -0.39 is 123 Å². The molecule has 34 nitrogen and oxygen atoms in total. The lowest BCUT2D eigenvalue weighted by molar-refractivity contribution is -0.186. The number of nitrogens with zero attached hydrogens (tertiary/aromatic N) is 5. The lowest BCUT2D eigenvalue weighted by atomic mass is 9.71. The van der Waals surface area contributed by atoms with Gasteiger partial charge in [0, 0.05) is 112 Å². The van der Waals surface area contributed by atoms with Crippen LogP contribution in [0.5, 0.6) is 80.5 Å². The van der Waals surface area contributed by atoms with Gasteiger partial charge in [0.1, 0.15) is 59.3 Å². The number of thioether (sulfide) groups is 2. The third kappa shape index (κ3) is 13.6. The Morgan fingerprint density at radius 2 is 0.919 bits per heavy atom. The number of piperazine rings is 2. The zero-order valence-corrected chi connectivity index (χ0v) is 77.0. The van der Waals surface area contributed by atoms with Crippen molar-refractivity contribution in [1.29, 1.82) is 5.26 Å². The molecule has 14 aliphatic heterocycles.